The van der Waals surface area contributed by atoms with Gasteiger partial charge in [-0.05, 0) is 47.2 Å². The summed E-state index contributed by atoms with van der Waals surface area (Å²) in [5, 5.41) is 0.548. The highest BCUT2D eigenvalue weighted by Crippen LogP contribution is 2.22. The van der Waals surface area contributed by atoms with Crippen LogP contribution in [-0.4, -0.2) is 14.2 Å². The average Bonchev–Trinajstić information content (AvgIpc) is 2.10. The zero-order chi connectivity index (χ0) is 11.5. The quantitative estimate of drug-likeness (QED) is 0.840. The molecule has 0 radical (unpaired) electrons. The maximum atomic E-state index is 11.4. The molecule has 0 heterocycles. The lowest BCUT2D eigenvalue weighted by molar-refractivity contribution is 0.600. The molecule has 1 N–H and O–H groups in total. The van der Waals surface area contributed by atoms with E-state index in [9.17, 15) is 8.42 Å². The Labute approximate surface area is 108 Å². The van der Waals surface area contributed by atoms with Crippen molar-refractivity contribution < 1.29 is 8.42 Å². The highest BCUT2D eigenvalue weighted by Gasteiger charge is 2.09. The number of nitrogens with one attached hydrogen (secondary N) is 1. The number of hydrogen-bond donors (Lipinski definition) is 1. The maximum Gasteiger partial charge on any atom is 0.232 e. The van der Waals surface area contributed by atoms with E-state index in [1.807, 2.05) is 6.92 Å². The van der Waals surface area contributed by atoms with Gasteiger partial charge in [-0.15, -0.1) is 0 Å². The van der Waals surface area contributed by atoms with E-state index >= 15 is 0 Å². The zero-order valence-corrected chi connectivity index (χ0v) is 11.9. The Bertz CT molecular complexity index is 447. The third kappa shape index (κ3) is 4.16. The monoisotopic (exact) mass is 359 g/mol. The molecule has 0 unspecified atom stereocenters. The van der Waals surface area contributed by atoms with Crippen LogP contribution >= 0.6 is 34.2 Å². The minimum Gasteiger partial charge on any atom is -0.284 e. The van der Waals surface area contributed by atoms with Crippen molar-refractivity contribution in [2.75, 3.05) is 10.5 Å². The van der Waals surface area contributed by atoms with E-state index in [4.69, 9.17) is 11.6 Å². The Morgan fingerprint density at radius 2 is 2.13 bits per heavy atom. The molecule has 1 aromatic carbocycles. The van der Waals surface area contributed by atoms with Crippen LogP contribution in [0.3, 0.4) is 0 Å². The Kier molecular flexibility index (Phi) is 4.66. The Hall–Kier alpha value is -0.0100. The van der Waals surface area contributed by atoms with Crippen LogP contribution in [0.2, 0.25) is 5.02 Å². The smallest absolute Gasteiger partial charge is 0.232 e. The predicted octanol–water partition coefficient (Wildman–Crippen LogP) is 3.10. The van der Waals surface area contributed by atoms with Crippen molar-refractivity contribution in [1.29, 1.82) is 0 Å². The van der Waals surface area contributed by atoms with E-state index < -0.39 is 10.0 Å². The first-order valence-corrected chi connectivity index (χ1v) is 7.51. The summed E-state index contributed by atoms with van der Waals surface area (Å²) in [6, 6.07) is 5.07. The first-order valence-electron chi connectivity index (χ1n) is 4.40. The van der Waals surface area contributed by atoms with E-state index in [0.717, 1.165) is 3.57 Å². The predicted molar refractivity (Wildman–Crippen MR) is 71.9 cm³/mol. The Morgan fingerprint density at radius 3 is 2.67 bits per heavy atom. The summed E-state index contributed by atoms with van der Waals surface area (Å²) in [6.45, 7) is 1.82. The highest BCUT2D eigenvalue weighted by atomic mass is 127. The molecule has 0 aliphatic carbocycles. The molecule has 0 atom stereocenters. The van der Waals surface area contributed by atoms with Gasteiger partial charge in [-0.3, -0.25) is 4.72 Å². The second-order valence-corrected chi connectivity index (χ2v) is 6.46. The van der Waals surface area contributed by atoms with Gasteiger partial charge in [0.25, 0.3) is 0 Å². The van der Waals surface area contributed by atoms with Crippen LogP contribution < -0.4 is 4.72 Å². The van der Waals surface area contributed by atoms with E-state index in [1.54, 1.807) is 18.2 Å². The van der Waals surface area contributed by atoms with E-state index in [-0.39, 0.29) is 5.75 Å². The van der Waals surface area contributed by atoms with E-state index in [0.29, 0.717) is 17.1 Å². The number of sulfonamides is 1. The molecule has 3 nitrogen and oxygen atoms in total. The van der Waals surface area contributed by atoms with Gasteiger partial charge in [-0.1, -0.05) is 18.5 Å². The van der Waals surface area contributed by atoms with Crippen LogP contribution in [0, 0.1) is 3.57 Å². The van der Waals surface area contributed by atoms with Crippen LogP contribution in [0.15, 0.2) is 18.2 Å². The van der Waals surface area contributed by atoms with Gasteiger partial charge in [0.2, 0.25) is 10.0 Å². The number of hydrogen-bond acceptors (Lipinski definition) is 2. The molecule has 1 aromatic rings. The van der Waals surface area contributed by atoms with Crippen LogP contribution in [0.4, 0.5) is 5.69 Å². The lowest BCUT2D eigenvalue weighted by atomic mass is 10.3. The summed E-state index contributed by atoms with van der Waals surface area (Å²) < 4.78 is 26.2. The fourth-order valence-electron chi connectivity index (χ4n) is 1.06. The molecule has 0 saturated carbocycles. The lowest BCUT2D eigenvalue weighted by Gasteiger charge is -2.07. The molecule has 0 bridgehead atoms. The van der Waals surface area contributed by atoms with Crippen molar-refractivity contribution in [3.8, 4) is 0 Å². The summed E-state index contributed by atoms with van der Waals surface area (Å²) in [5.74, 6) is 0.122. The summed E-state index contributed by atoms with van der Waals surface area (Å²) >= 11 is 7.96. The molecule has 0 amide bonds. The van der Waals surface area contributed by atoms with Gasteiger partial charge in [0.05, 0.1) is 16.5 Å². The molecule has 0 saturated heterocycles. The van der Waals surface area contributed by atoms with Crippen LogP contribution in [0.1, 0.15) is 13.3 Å². The fraction of sp³-hybridized carbons (Fsp3) is 0.333. The normalized spacial score (nSPS) is 11.4. The Balaban J connectivity index is 2.86. The van der Waals surface area contributed by atoms with Crippen molar-refractivity contribution >= 4 is 49.9 Å². The van der Waals surface area contributed by atoms with Gasteiger partial charge in [-0.2, -0.15) is 0 Å². The van der Waals surface area contributed by atoms with Gasteiger partial charge in [0.1, 0.15) is 0 Å². The summed E-state index contributed by atoms with van der Waals surface area (Å²) in [4.78, 5) is 0. The van der Waals surface area contributed by atoms with Gasteiger partial charge >= 0.3 is 0 Å². The minimum absolute atomic E-state index is 0.122. The van der Waals surface area contributed by atoms with Crippen molar-refractivity contribution in [3.05, 3.63) is 26.8 Å². The second kappa shape index (κ2) is 5.36. The number of halogens is 2. The zero-order valence-electron chi connectivity index (χ0n) is 8.13. The van der Waals surface area contributed by atoms with Crippen molar-refractivity contribution in [2.45, 2.75) is 13.3 Å². The standard InChI is InChI=1S/C9H11ClINO2S/c1-2-5-15(13,14)12-7-3-4-9(11)8(10)6-7/h3-4,6,12H,2,5H2,1H3. The molecule has 6 heteroatoms. The van der Waals surface area contributed by atoms with Crippen molar-refractivity contribution in [2.24, 2.45) is 0 Å². The van der Waals surface area contributed by atoms with Crippen LogP contribution in [0.25, 0.3) is 0 Å². The largest absolute Gasteiger partial charge is 0.284 e. The minimum atomic E-state index is -3.23. The van der Waals surface area contributed by atoms with Gasteiger partial charge in [-0.25, -0.2) is 8.42 Å². The van der Waals surface area contributed by atoms with Gasteiger partial charge in [0, 0.05) is 3.57 Å². The molecule has 0 aromatic heterocycles. The first kappa shape index (κ1) is 13.1. The highest BCUT2D eigenvalue weighted by molar-refractivity contribution is 14.1. The molecule has 84 valence electrons. The van der Waals surface area contributed by atoms with Crippen LogP contribution in [0.5, 0.6) is 0 Å². The fourth-order valence-corrected chi connectivity index (χ4v) is 2.70. The topological polar surface area (TPSA) is 46.2 Å². The molecule has 0 aliphatic rings. The van der Waals surface area contributed by atoms with Gasteiger partial charge in [0.15, 0.2) is 0 Å². The van der Waals surface area contributed by atoms with Crippen molar-refractivity contribution in [1.82, 2.24) is 0 Å². The molecule has 1 rings (SSSR count). The SMILES string of the molecule is CCCS(=O)(=O)Nc1ccc(I)c(Cl)c1. The Morgan fingerprint density at radius 1 is 1.47 bits per heavy atom. The van der Waals surface area contributed by atoms with E-state index in [2.05, 4.69) is 27.3 Å². The average molecular weight is 360 g/mol. The summed E-state index contributed by atoms with van der Waals surface area (Å²) in [7, 11) is -3.23. The first-order chi connectivity index (χ1) is 6.94. The third-order valence-corrected chi connectivity index (χ3v) is 4.73. The molecule has 0 aliphatic heterocycles. The third-order valence-electron chi connectivity index (χ3n) is 1.67. The molecule has 0 fully saturated rings. The lowest BCUT2D eigenvalue weighted by Crippen LogP contribution is -2.16. The molecule has 15 heavy (non-hydrogen) atoms. The maximum absolute atomic E-state index is 11.4. The number of rotatable bonds is 4. The van der Waals surface area contributed by atoms with Crippen molar-refractivity contribution in [3.63, 3.8) is 0 Å². The molecular weight excluding hydrogens is 349 g/mol. The summed E-state index contributed by atoms with van der Waals surface area (Å²) in [6.07, 6.45) is 0.591. The second-order valence-electron chi connectivity index (χ2n) is 3.05. The molecular formula is C9H11ClINO2S. The van der Waals surface area contributed by atoms with E-state index in [1.165, 1.54) is 0 Å². The van der Waals surface area contributed by atoms with Gasteiger partial charge < -0.3 is 0 Å². The summed E-state index contributed by atoms with van der Waals surface area (Å²) in [5.41, 5.74) is 0.508. The van der Waals surface area contributed by atoms with Crippen LogP contribution in [-0.2, 0) is 10.0 Å². The number of anilines is 1. The number of benzene rings is 1. The molecule has 0 spiro atoms.